The summed E-state index contributed by atoms with van der Waals surface area (Å²) in [6, 6.07) is 1.45. The van der Waals surface area contributed by atoms with Crippen LogP contribution in [-0.4, -0.2) is 40.3 Å². The Bertz CT molecular complexity index is 705. The molecular weight excluding hydrogens is 256 g/mol. The number of sulfone groups is 1. The molecule has 9 heteroatoms. The minimum atomic E-state index is -3.31. The Labute approximate surface area is 103 Å². The molecule has 8 nitrogen and oxygen atoms in total. The quantitative estimate of drug-likeness (QED) is 0.561. The van der Waals surface area contributed by atoms with Crippen LogP contribution in [0.2, 0.25) is 0 Å². The molecule has 0 fully saturated rings. The van der Waals surface area contributed by atoms with Gasteiger partial charge in [-0.15, -0.1) is 0 Å². The number of amidine groups is 1. The predicted octanol–water partition coefficient (Wildman–Crippen LogP) is -0.650. The van der Waals surface area contributed by atoms with Crippen molar-refractivity contribution in [2.75, 3.05) is 6.26 Å². The van der Waals surface area contributed by atoms with Gasteiger partial charge in [0.2, 0.25) is 0 Å². The summed E-state index contributed by atoms with van der Waals surface area (Å²) < 4.78 is 23.9. The van der Waals surface area contributed by atoms with Gasteiger partial charge in [-0.25, -0.2) is 23.1 Å². The second-order valence-corrected chi connectivity index (χ2v) is 5.58. The highest BCUT2D eigenvalue weighted by atomic mass is 32.2. The lowest BCUT2D eigenvalue weighted by atomic mass is 10.3. The highest BCUT2D eigenvalue weighted by Crippen LogP contribution is 2.10. The second kappa shape index (κ2) is 4.18. The first-order valence-corrected chi connectivity index (χ1v) is 6.68. The van der Waals surface area contributed by atoms with Gasteiger partial charge in [-0.1, -0.05) is 0 Å². The molecule has 2 rings (SSSR count). The molecule has 18 heavy (non-hydrogen) atoms. The van der Waals surface area contributed by atoms with E-state index >= 15 is 0 Å². The summed E-state index contributed by atoms with van der Waals surface area (Å²) >= 11 is 0. The largest absolute Gasteiger partial charge is 0.382 e. The number of nitrogens with one attached hydrogen (secondary N) is 1. The van der Waals surface area contributed by atoms with E-state index in [-0.39, 0.29) is 16.4 Å². The average Bonchev–Trinajstić information content (AvgIpc) is 2.78. The van der Waals surface area contributed by atoms with Gasteiger partial charge < -0.3 is 5.73 Å². The first kappa shape index (κ1) is 12.2. The lowest BCUT2D eigenvalue weighted by Crippen LogP contribution is -2.14. The van der Waals surface area contributed by atoms with Crippen molar-refractivity contribution in [3.05, 3.63) is 30.5 Å². The first-order chi connectivity index (χ1) is 8.38. The molecule has 0 aliphatic carbocycles. The van der Waals surface area contributed by atoms with E-state index in [0.717, 1.165) is 6.26 Å². The van der Waals surface area contributed by atoms with Crippen LogP contribution in [0.4, 0.5) is 0 Å². The number of nitrogen functional groups attached to an aromatic ring is 1. The molecule has 2 heterocycles. The number of rotatable bonds is 3. The SMILES string of the molecule is CS(=O)(=O)c1cnn(-c2cc(C(=N)N)ncn2)c1. The minimum absolute atomic E-state index is 0.0884. The number of nitrogens with two attached hydrogens (primary N) is 1. The van der Waals surface area contributed by atoms with Gasteiger partial charge in [0.15, 0.2) is 15.7 Å². The number of aromatic nitrogens is 4. The zero-order valence-corrected chi connectivity index (χ0v) is 10.2. The minimum Gasteiger partial charge on any atom is -0.382 e. The molecule has 0 saturated carbocycles. The third kappa shape index (κ3) is 2.35. The molecule has 2 aromatic rings. The van der Waals surface area contributed by atoms with Crippen LogP contribution >= 0.6 is 0 Å². The highest BCUT2D eigenvalue weighted by Gasteiger charge is 2.11. The van der Waals surface area contributed by atoms with E-state index in [2.05, 4.69) is 15.1 Å². The predicted molar refractivity (Wildman–Crippen MR) is 63.3 cm³/mol. The molecule has 0 amide bonds. The lowest BCUT2D eigenvalue weighted by molar-refractivity contribution is 0.602. The van der Waals surface area contributed by atoms with E-state index in [0.29, 0.717) is 5.82 Å². The maximum Gasteiger partial charge on any atom is 0.178 e. The van der Waals surface area contributed by atoms with Gasteiger partial charge in [0.05, 0.1) is 12.4 Å². The lowest BCUT2D eigenvalue weighted by Gasteiger charge is -2.01. The normalized spacial score (nSPS) is 11.4. The van der Waals surface area contributed by atoms with Crippen LogP contribution in [0.15, 0.2) is 29.7 Å². The van der Waals surface area contributed by atoms with Crippen molar-refractivity contribution in [2.45, 2.75) is 4.90 Å². The molecule has 2 aromatic heterocycles. The zero-order chi connectivity index (χ0) is 13.3. The third-order valence-electron chi connectivity index (χ3n) is 2.15. The van der Waals surface area contributed by atoms with Gasteiger partial charge in [-0.2, -0.15) is 5.10 Å². The number of nitrogens with zero attached hydrogens (tertiary/aromatic N) is 4. The summed E-state index contributed by atoms with van der Waals surface area (Å²) in [5, 5.41) is 11.2. The molecule has 0 unspecified atom stereocenters. The van der Waals surface area contributed by atoms with Crippen LogP contribution in [0.25, 0.3) is 5.82 Å². The molecule has 94 valence electrons. The van der Waals surface area contributed by atoms with Crippen molar-refractivity contribution in [1.29, 1.82) is 5.41 Å². The van der Waals surface area contributed by atoms with Gasteiger partial charge in [0, 0.05) is 12.3 Å². The summed E-state index contributed by atoms with van der Waals surface area (Å²) in [5.41, 5.74) is 5.55. The van der Waals surface area contributed by atoms with Crippen LogP contribution in [0.5, 0.6) is 0 Å². The number of hydrogen-bond donors (Lipinski definition) is 2. The van der Waals surface area contributed by atoms with Gasteiger partial charge >= 0.3 is 0 Å². The van der Waals surface area contributed by atoms with Crippen LogP contribution in [0.3, 0.4) is 0 Å². The Morgan fingerprint density at radius 2 is 2.17 bits per heavy atom. The fourth-order valence-corrected chi connectivity index (χ4v) is 1.77. The molecule has 0 radical (unpaired) electrons. The third-order valence-corrected chi connectivity index (χ3v) is 3.22. The maximum absolute atomic E-state index is 11.3. The molecule has 0 aliphatic heterocycles. The van der Waals surface area contributed by atoms with Crippen molar-refractivity contribution in [3.8, 4) is 5.82 Å². The molecule has 0 spiro atoms. The van der Waals surface area contributed by atoms with Crippen molar-refractivity contribution in [3.63, 3.8) is 0 Å². The molecule has 0 bridgehead atoms. The summed E-state index contributed by atoms with van der Waals surface area (Å²) in [7, 11) is -3.31. The average molecular weight is 266 g/mol. The second-order valence-electron chi connectivity index (χ2n) is 3.57. The van der Waals surface area contributed by atoms with E-state index in [1.165, 1.54) is 29.5 Å². The maximum atomic E-state index is 11.3. The Morgan fingerprint density at radius 1 is 1.44 bits per heavy atom. The zero-order valence-electron chi connectivity index (χ0n) is 9.40. The van der Waals surface area contributed by atoms with Gasteiger partial charge in [-0.05, 0) is 0 Å². The van der Waals surface area contributed by atoms with Crippen LogP contribution in [0.1, 0.15) is 5.69 Å². The van der Waals surface area contributed by atoms with E-state index in [1.54, 1.807) is 0 Å². The first-order valence-electron chi connectivity index (χ1n) is 4.79. The fraction of sp³-hybridized carbons (Fsp3) is 0.111. The van der Waals surface area contributed by atoms with Gasteiger partial charge in [-0.3, -0.25) is 5.41 Å². The van der Waals surface area contributed by atoms with E-state index in [1.807, 2.05) is 0 Å². The molecule has 0 aliphatic rings. The highest BCUT2D eigenvalue weighted by molar-refractivity contribution is 7.90. The van der Waals surface area contributed by atoms with Crippen molar-refractivity contribution < 1.29 is 8.42 Å². The van der Waals surface area contributed by atoms with Crippen molar-refractivity contribution in [2.24, 2.45) is 5.73 Å². The molecule has 0 saturated heterocycles. The molecule has 0 atom stereocenters. The van der Waals surface area contributed by atoms with Crippen LogP contribution in [-0.2, 0) is 9.84 Å². The van der Waals surface area contributed by atoms with Crippen LogP contribution < -0.4 is 5.73 Å². The van der Waals surface area contributed by atoms with Crippen LogP contribution in [0, 0.1) is 5.41 Å². The Morgan fingerprint density at radius 3 is 2.72 bits per heavy atom. The van der Waals surface area contributed by atoms with Gasteiger partial charge in [0.1, 0.15) is 22.8 Å². The van der Waals surface area contributed by atoms with E-state index in [4.69, 9.17) is 11.1 Å². The van der Waals surface area contributed by atoms with E-state index < -0.39 is 9.84 Å². The summed E-state index contributed by atoms with van der Waals surface area (Å²) in [6.07, 6.45) is 4.88. The molecular formula is C9H10N6O2S. The standard InChI is InChI=1S/C9H10N6O2S/c1-18(16,17)6-3-14-15(4-6)8-2-7(9(10)11)12-5-13-8/h2-5H,1H3,(H3,10,11). The van der Waals surface area contributed by atoms with Gasteiger partial charge in [0.25, 0.3) is 0 Å². The summed E-state index contributed by atoms with van der Waals surface area (Å²) in [6.45, 7) is 0. The summed E-state index contributed by atoms with van der Waals surface area (Å²) in [4.78, 5) is 7.82. The Hall–Kier alpha value is -2.29. The molecule has 3 N–H and O–H groups in total. The Balaban J connectivity index is 2.46. The molecule has 0 aromatic carbocycles. The van der Waals surface area contributed by atoms with E-state index in [9.17, 15) is 8.42 Å². The van der Waals surface area contributed by atoms with Crippen molar-refractivity contribution in [1.82, 2.24) is 19.7 Å². The summed E-state index contributed by atoms with van der Waals surface area (Å²) in [5.74, 6) is 0.138. The van der Waals surface area contributed by atoms with Crippen molar-refractivity contribution >= 4 is 15.7 Å². The fourth-order valence-electron chi connectivity index (χ4n) is 1.24. The number of hydrogen-bond acceptors (Lipinski definition) is 6. The topological polar surface area (TPSA) is 128 Å². The monoisotopic (exact) mass is 266 g/mol. The smallest absolute Gasteiger partial charge is 0.178 e. The Kier molecular flexibility index (Phi) is 2.83.